The minimum Gasteiger partial charge on any atom is -0.397 e. The number of hydrogen-bond donors (Lipinski definition) is 2. The summed E-state index contributed by atoms with van der Waals surface area (Å²) < 4.78 is 8.11. The highest BCUT2D eigenvalue weighted by Crippen LogP contribution is 2.33. The van der Waals surface area contributed by atoms with E-state index in [2.05, 4.69) is 48.9 Å². The minimum atomic E-state index is -0.582. The number of benzene rings is 4. The maximum Gasteiger partial charge on any atom is 0.346 e. The van der Waals surface area contributed by atoms with Crippen molar-refractivity contribution in [3.63, 3.8) is 0 Å². The minimum absolute atomic E-state index is 0.00574. The maximum atomic E-state index is 12.2. The zero-order chi connectivity index (χ0) is 28.1. The first kappa shape index (κ1) is 29.2. The molecule has 1 aliphatic heterocycles. The van der Waals surface area contributed by atoms with Crippen molar-refractivity contribution in [1.82, 2.24) is 4.57 Å². The van der Waals surface area contributed by atoms with Crippen molar-refractivity contribution in [2.75, 3.05) is 13.7 Å². The molecule has 9 heteroatoms. The van der Waals surface area contributed by atoms with Crippen LogP contribution in [0.25, 0.3) is 38.9 Å². The number of cyclic esters (lactones) is 2. The molecule has 5 aromatic rings. The van der Waals surface area contributed by atoms with Crippen molar-refractivity contribution in [1.29, 1.82) is 0 Å². The summed E-state index contributed by atoms with van der Waals surface area (Å²) >= 11 is 6.91. The molecule has 6 rings (SSSR count). The predicted octanol–water partition coefficient (Wildman–Crippen LogP) is 5.07. The number of carbonyl (C=O) groups excluding carboxylic acids is 2. The standard InChI is InChI=1S/C14H10BrNO.C12H5BrO3.C2H6O.CH5N/c1-8-9-4-3-5-10-12(15)7-6-11(13(9)10)14(17)16(8)2;13-9-5-4-8-10-6(9)2-1-3-7(10)11(14)16-12(8)15;1-2-3;1-2/h3-7H,1H2,2H3;1-5H;3H,2H2,1H3;2H2,1H3. The number of esters is 2. The lowest BCUT2D eigenvalue weighted by Crippen LogP contribution is -2.30. The zero-order valence-electron chi connectivity index (χ0n) is 21.0. The van der Waals surface area contributed by atoms with Gasteiger partial charge in [0.05, 0.1) is 11.1 Å². The van der Waals surface area contributed by atoms with Crippen LogP contribution in [-0.4, -0.2) is 35.3 Å². The number of aliphatic hydroxyl groups excluding tert-OH is 1. The van der Waals surface area contributed by atoms with E-state index in [1.165, 1.54) is 7.05 Å². The van der Waals surface area contributed by atoms with Gasteiger partial charge in [-0.05, 0) is 55.1 Å². The van der Waals surface area contributed by atoms with Crippen LogP contribution in [0.4, 0.5) is 0 Å². The molecule has 0 amide bonds. The van der Waals surface area contributed by atoms with Crippen molar-refractivity contribution < 1.29 is 19.4 Å². The summed E-state index contributed by atoms with van der Waals surface area (Å²) in [5.74, 6) is -1.16. The molecule has 1 aromatic heterocycles. The summed E-state index contributed by atoms with van der Waals surface area (Å²) in [7, 11) is 3.26. The van der Waals surface area contributed by atoms with Crippen molar-refractivity contribution in [2.24, 2.45) is 12.8 Å². The third kappa shape index (κ3) is 5.28. The van der Waals surface area contributed by atoms with Crippen LogP contribution in [-0.2, 0) is 11.8 Å². The Balaban J connectivity index is 0.000000181. The molecule has 0 fully saturated rings. The summed E-state index contributed by atoms with van der Waals surface area (Å²) in [4.78, 5) is 35.2. The highest BCUT2D eigenvalue weighted by Gasteiger charge is 2.27. The van der Waals surface area contributed by atoms with E-state index < -0.39 is 11.9 Å². The highest BCUT2D eigenvalue weighted by molar-refractivity contribution is 9.11. The van der Waals surface area contributed by atoms with E-state index in [4.69, 9.17) is 5.11 Å². The van der Waals surface area contributed by atoms with Gasteiger partial charge in [0.25, 0.3) is 5.56 Å². The lowest BCUT2D eigenvalue weighted by Gasteiger charge is -2.15. The third-order valence-electron chi connectivity index (χ3n) is 5.85. The van der Waals surface area contributed by atoms with E-state index in [0.29, 0.717) is 16.5 Å². The number of carbonyl (C=O) groups is 2. The van der Waals surface area contributed by atoms with Gasteiger partial charge in [-0.25, -0.2) is 9.59 Å². The Morgan fingerprint density at radius 2 is 1.26 bits per heavy atom. The van der Waals surface area contributed by atoms with Gasteiger partial charge in [0, 0.05) is 49.5 Å². The molecule has 0 spiro atoms. The normalized spacial score (nSPS) is 11.7. The largest absolute Gasteiger partial charge is 0.397 e. The van der Waals surface area contributed by atoms with Crippen molar-refractivity contribution in [3.8, 4) is 0 Å². The van der Waals surface area contributed by atoms with Crippen LogP contribution in [0.3, 0.4) is 0 Å². The second-order valence-electron chi connectivity index (χ2n) is 7.95. The van der Waals surface area contributed by atoms with Gasteiger partial charge in [0.1, 0.15) is 0 Å². The molecule has 3 N–H and O–H groups in total. The van der Waals surface area contributed by atoms with Crippen LogP contribution < -0.4 is 16.6 Å². The van der Waals surface area contributed by atoms with Gasteiger partial charge < -0.3 is 20.1 Å². The fourth-order valence-corrected chi connectivity index (χ4v) is 5.10. The predicted molar refractivity (Wildman–Crippen MR) is 159 cm³/mol. The van der Waals surface area contributed by atoms with Gasteiger partial charge in [-0.1, -0.05) is 68.8 Å². The molecule has 0 aliphatic carbocycles. The maximum absolute atomic E-state index is 12.2. The van der Waals surface area contributed by atoms with Crippen LogP contribution in [0.5, 0.6) is 0 Å². The number of nitrogens with two attached hydrogens (primary N) is 1. The molecular formula is C29H26Br2N2O5. The summed E-state index contributed by atoms with van der Waals surface area (Å²) in [5.41, 5.74) is 5.38. The van der Waals surface area contributed by atoms with Crippen LogP contribution in [0.2, 0.25) is 0 Å². The van der Waals surface area contributed by atoms with E-state index >= 15 is 0 Å². The average molecular weight is 642 g/mol. The Labute approximate surface area is 235 Å². The molecule has 0 bridgehead atoms. The molecule has 0 radical (unpaired) electrons. The number of pyridine rings is 1. The second-order valence-corrected chi connectivity index (χ2v) is 9.66. The fourth-order valence-electron chi connectivity index (χ4n) is 4.18. The number of ether oxygens (including phenoxy) is 1. The molecule has 196 valence electrons. The van der Waals surface area contributed by atoms with E-state index in [-0.39, 0.29) is 12.2 Å². The Bertz CT molecular complexity index is 1730. The first-order valence-electron chi connectivity index (χ1n) is 11.6. The van der Waals surface area contributed by atoms with Crippen molar-refractivity contribution in [2.45, 2.75) is 6.92 Å². The summed E-state index contributed by atoms with van der Waals surface area (Å²) in [5, 5.41) is 13.7. The second kappa shape index (κ2) is 12.4. The van der Waals surface area contributed by atoms with Gasteiger partial charge >= 0.3 is 11.9 Å². The Morgan fingerprint density at radius 1 is 0.789 bits per heavy atom. The van der Waals surface area contributed by atoms with Gasteiger partial charge in [-0.15, -0.1) is 0 Å². The molecular weight excluding hydrogens is 616 g/mol. The highest BCUT2D eigenvalue weighted by atomic mass is 79.9. The van der Waals surface area contributed by atoms with Gasteiger partial charge in [0.2, 0.25) is 0 Å². The number of rotatable bonds is 0. The SMILES string of the molecule is C=c1c2cccc3c(Br)ccc(c(=O)n1C)c32.CCO.CN.O=C1OC(=O)c2ccc(Br)c3cccc1c23. The fraction of sp³-hybridized carbons (Fsp3) is 0.138. The van der Waals surface area contributed by atoms with E-state index in [0.717, 1.165) is 41.2 Å². The number of nitrogens with zero attached hydrogens (tertiary/aromatic N) is 1. The van der Waals surface area contributed by atoms with E-state index in [9.17, 15) is 14.4 Å². The smallest absolute Gasteiger partial charge is 0.346 e. The lowest BCUT2D eigenvalue weighted by molar-refractivity contribution is 0.0391. The molecule has 4 aromatic carbocycles. The third-order valence-corrected chi connectivity index (χ3v) is 7.23. The average Bonchev–Trinajstić information content (AvgIpc) is 2.92. The van der Waals surface area contributed by atoms with Gasteiger partial charge in [-0.2, -0.15) is 0 Å². The summed E-state index contributed by atoms with van der Waals surface area (Å²) in [6.07, 6.45) is 0. The molecule has 0 saturated carbocycles. The Morgan fingerprint density at radius 3 is 1.87 bits per heavy atom. The van der Waals surface area contributed by atoms with Crippen molar-refractivity contribution in [3.05, 3.63) is 96.4 Å². The number of halogens is 2. The molecule has 7 nitrogen and oxygen atoms in total. The van der Waals surface area contributed by atoms with Crippen LogP contribution in [0, 0.1) is 0 Å². The van der Waals surface area contributed by atoms with E-state index in [1.807, 2.05) is 36.4 Å². The summed E-state index contributed by atoms with van der Waals surface area (Å²) in [6.45, 7) is 5.92. The number of aromatic nitrogens is 1. The summed E-state index contributed by atoms with van der Waals surface area (Å²) in [6, 6.07) is 18.5. The van der Waals surface area contributed by atoms with Crippen LogP contribution in [0.15, 0.2) is 74.4 Å². The molecule has 1 aliphatic rings. The quantitative estimate of drug-likeness (QED) is 0.180. The molecule has 0 unspecified atom stereocenters. The Hall–Kier alpha value is -3.37. The van der Waals surface area contributed by atoms with Gasteiger partial charge in [-0.3, -0.25) is 4.79 Å². The molecule has 0 atom stereocenters. The van der Waals surface area contributed by atoms with Crippen molar-refractivity contribution >= 4 is 82.7 Å². The van der Waals surface area contributed by atoms with Crippen LogP contribution in [0.1, 0.15) is 27.6 Å². The van der Waals surface area contributed by atoms with Gasteiger partial charge in [0.15, 0.2) is 0 Å². The molecule has 38 heavy (non-hydrogen) atoms. The molecule has 0 saturated heterocycles. The Kier molecular flexibility index (Phi) is 9.56. The number of aliphatic hydroxyl groups is 1. The first-order chi connectivity index (χ1) is 18.2. The number of hydrogen-bond acceptors (Lipinski definition) is 6. The monoisotopic (exact) mass is 640 g/mol. The topological polar surface area (TPSA) is 112 Å². The zero-order valence-corrected chi connectivity index (χ0v) is 24.2. The van der Waals surface area contributed by atoms with Crippen LogP contribution >= 0.6 is 31.9 Å². The molecule has 2 heterocycles. The van der Waals surface area contributed by atoms with E-state index in [1.54, 1.807) is 42.8 Å². The first-order valence-corrected chi connectivity index (χ1v) is 13.1. The lowest BCUT2D eigenvalue weighted by atomic mass is 9.97.